The van der Waals surface area contributed by atoms with Crippen molar-refractivity contribution in [2.75, 3.05) is 20.2 Å². The van der Waals surface area contributed by atoms with Crippen molar-refractivity contribution in [2.24, 2.45) is 0 Å². The Morgan fingerprint density at radius 3 is 2.39 bits per heavy atom. The molecule has 2 rings (SSSR count). The molecule has 23 heavy (non-hydrogen) atoms. The standard InChI is InChI=1S/C18H20N2O3/c1-23-16-10-6-5-7-14(16)11-12-19-17(21)13-20-18(22)15-8-3-2-4-9-15/h2-10H,11-13H2,1H3,(H,19,21)(H,20,22). The zero-order chi connectivity index (χ0) is 16.5. The SMILES string of the molecule is COc1ccccc1CCNC(=O)CNC(=O)c1ccccc1. The fourth-order valence-corrected chi connectivity index (χ4v) is 2.16. The van der Waals surface area contributed by atoms with Gasteiger partial charge in [-0.15, -0.1) is 0 Å². The van der Waals surface area contributed by atoms with Crippen LogP contribution in [-0.4, -0.2) is 32.0 Å². The fourth-order valence-electron chi connectivity index (χ4n) is 2.16. The molecule has 0 aliphatic heterocycles. The number of amides is 2. The molecule has 2 N–H and O–H groups in total. The van der Waals surface area contributed by atoms with Crippen LogP contribution >= 0.6 is 0 Å². The number of hydrogen-bond acceptors (Lipinski definition) is 3. The number of benzene rings is 2. The summed E-state index contributed by atoms with van der Waals surface area (Å²) in [4.78, 5) is 23.6. The Balaban J connectivity index is 1.72. The summed E-state index contributed by atoms with van der Waals surface area (Å²) in [5.41, 5.74) is 1.57. The first-order valence-electron chi connectivity index (χ1n) is 7.42. The maximum Gasteiger partial charge on any atom is 0.251 e. The van der Waals surface area contributed by atoms with Gasteiger partial charge in [0.1, 0.15) is 5.75 Å². The van der Waals surface area contributed by atoms with Crippen molar-refractivity contribution >= 4 is 11.8 Å². The van der Waals surface area contributed by atoms with E-state index in [9.17, 15) is 9.59 Å². The molecule has 0 spiro atoms. The first-order chi connectivity index (χ1) is 11.2. The highest BCUT2D eigenvalue weighted by atomic mass is 16.5. The number of rotatable bonds is 7. The zero-order valence-electron chi connectivity index (χ0n) is 13.0. The minimum atomic E-state index is -0.259. The highest BCUT2D eigenvalue weighted by Gasteiger charge is 2.07. The second kappa shape index (κ2) is 8.58. The number of nitrogens with one attached hydrogen (secondary N) is 2. The van der Waals surface area contributed by atoms with Crippen molar-refractivity contribution in [1.29, 1.82) is 0 Å². The van der Waals surface area contributed by atoms with Gasteiger partial charge in [0.15, 0.2) is 0 Å². The molecule has 0 atom stereocenters. The minimum Gasteiger partial charge on any atom is -0.496 e. The second-order valence-electron chi connectivity index (χ2n) is 4.96. The van der Waals surface area contributed by atoms with E-state index in [0.29, 0.717) is 18.5 Å². The summed E-state index contributed by atoms with van der Waals surface area (Å²) in [6, 6.07) is 16.5. The minimum absolute atomic E-state index is 0.0420. The maximum absolute atomic E-state index is 11.8. The van der Waals surface area contributed by atoms with Gasteiger partial charge in [-0.3, -0.25) is 9.59 Å². The van der Waals surface area contributed by atoms with Crippen LogP contribution in [0.4, 0.5) is 0 Å². The summed E-state index contributed by atoms with van der Waals surface area (Å²) in [5.74, 6) is 0.328. The summed E-state index contributed by atoms with van der Waals surface area (Å²) in [6.45, 7) is 0.445. The number of carbonyl (C=O) groups excluding carboxylic acids is 2. The van der Waals surface area contributed by atoms with E-state index in [0.717, 1.165) is 11.3 Å². The van der Waals surface area contributed by atoms with E-state index in [1.807, 2.05) is 30.3 Å². The first-order valence-corrected chi connectivity index (χ1v) is 7.42. The van der Waals surface area contributed by atoms with Crippen LogP contribution in [0.2, 0.25) is 0 Å². The number of carbonyl (C=O) groups is 2. The lowest BCUT2D eigenvalue weighted by atomic mass is 10.1. The van der Waals surface area contributed by atoms with Crippen molar-refractivity contribution in [3.63, 3.8) is 0 Å². The molecular formula is C18H20N2O3. The van der Waals surface area contributed by atoms with Crippen molar-refractivity contribution in [2.45, 2.75) is 6.42 Å². The Bertz CT molecular complexity index is 656. The molecule has 0 bridgehead atoms. The number of hydrogen-bond donors (Lipinski definition) is 2. The molecule has 0 aliphatic rings. The van der Waals surface area contributed by atoms with Gasteiger partial charge in [0.05, 0.1) is 13.7 Å². The molecule has 2 amide bonds. The van der Waals surface area contributed by atoms with E-state index in [4.69, 9.17) is 4.74 Å². The Kier molecular flexibility index (Phi) is 6.17. The lowest BCUT2D eigenvalue weighted by Gasteiger charge is -2.09. The molecular weight excluding hydrogens is 292 g/mol. The summed E-state index contributed by atoms with van der Waals surface area (Å²) < 4.78 is 5.26. The van der Waals surface area contributed by atoms with E-state index in [1.54, 1.807) is 31.4 Å². The first kappa shape index (κ1) is 16.5. The predicted molar refractivity (Wildman–Crippen MR) is 88.5 cm³/mol. The number of para-hydroxylation sites is 1. The summed E-state index contributed by atoms with van der Waals surface area (Å²) >= 11 is 0. The molecule has 0 saturated heterocycles. The van der Waals surface area contributed by atoms with Gasteiger partial charge in [0.2, 0.25) is 5.91 Å². The summed E-state index contributed by atoms with van der Waals surface area (Å²) in [7, 11) is 1.62. The third-order valence-corrected chi connectivity index (χ3v) is 3.35. The van der Waals surface area contributed by atoms with E-state index < -0.39 is 0 Å². The highest BCUT2D eigenvalue weighted by molar-refractivity contribution is 5.96. The van der Waals surface area contributed by atoms with Crippen LogP contribution in [0.15, 0.2) is 54.6 Å². The Morgan fingerprint density at radius 1 is 0.957 bits per heavy atom. The quantitative estimate of drug-likeness (QED) is 0.819. The molecule has 5 heteroatoms. The summed E-state index contributed by atoms with van der Waals surface area (Å²) in [5, 5.41) is 5.37. The molecule has 5 nitrogen and oxygen atoms in total. The third kappa shape index (κ3) is 5.14. The van der Waals surface area contributed by atoms with Crippen LogP contribution in [0.3, 0.4) is 0 Å². The van der Waals surface area contributed by atoms with Crippen molar-refractivity contribution in [3.8, 4) is 5.75 Å². The van der Waals surface area contributed by atoms with Crippen LogP contribution in [0, 0.1) is 0 Å². The smallest absolute Gasteiger partial charge is 0.251 e. The normalized spacial score (nSPS) is 9.96. The Hall–Kier alpha value is -2.82. The lowest BCUT2D eigenvalue weighted by molar-refractivity contribution is -0.120. The average Bonchev–Trinajstić information content (AvgIpc) is 2.61. The molecule has 2 aromatic carbocycles. The van der Waals surface area contributed by atoms with Crippen molar-refractivity contribution in [3.05, 3.63) is 65.7 Å². The molecule has 0 unspecified atom stereocenters. The number of methoxy groups -OCH3 is 1. The molecule has 0 aliphatic carbocycles. The molecule has 0 heterocycles. The van der Waals surface area contributed by atoms with Crippen LogP contribution in [0.25, 0.3) is 0 Å². The lowest BCUT2D eigenvalue weighted by Crippen LogP contribution is -2.37. The Labute approximate surface area is 135 Å². The molecule has 0 saturated carbocycles. The van der Waals surface area contributed by atoms with Gasteiger partial charge in [-0.05, 0) is 30.2 Å². The molecule has 0 radical (unpaired) electrons. The van der Waals surface area contributed by atoms with Gasteiger partial charge in [-0.2, -0.15) is 0 Å². The molecule has 2 aromatic rings. The zero-order valence-corrected chi connectivity index (χ0v) is 13.0. The van der Waals surface area contributed by atoms with Gasteiger partial charge >= 0.3 is 0 Å². The predicted octanol–water partition coefficient (Wildman–Crippen LogP) is 1.78. The second-order valence-corrected chi connectivity index (χ2v) is 4.96. The number of ether oxygens (including phenoxy) is 1. The van der Waals surface area contributed by atoms with Crippen molar-refractivity contribution in [1.82, 2.24) is 10.6 Å². The van der Waals surface area contributed by atoms with Crippen LogP contribution in [0.1, 0.15) is 15.9 Å². The summed E-state index contributed by atoms with van der Waals surface area (Å²) in [6.07, 6.45) is 0.669. The van der Waals surface area contributed by atoms with Crippen LogP contribution < -0.4 is 15.4 Å². The van der Waals surface area contributed by atoms with Gasteiger partial charge in [0.25, 0.3) is 5.91 Å². The largest absolute Gasteiger partial charge is 0.496 e. The van der Waals surface area contributed by atoms with Gasteiger partial charge < -0.3 is 15.4 Å². The fraction of sp³-hybridized carbons (Fsp3) is 0.222. The van der Waals surface area contributed by atoms with E-state index in [-0.39, 0.29) is 18.4 Å². The molecule has 0 fully saturated rings. The van der Waals surface area contributed by atoms with E-state index in [1.165, 1.54) is 0 Å². The monoisotopic (exact) mass is 312 g/mol. The topological polar surface area (TPSA) is 67.4 Å². The van der Waals surface area contributed by atoms with Gasteiger partial charge in [-0.25, -0.2) is 0 Å². The van der Waals surface area contributed by atoms with Crippen LogP contribution in [0.5, 0.6) is 5.75 Å². The van der Waals surface area contributed by atoms with E-state index >= 15 is 0 Å². The Morgan fingerprint density at radius 2 is 1.65 bits per heavy atom. The van der Waals surface area contributed by atoms with Crippen LogP contribution in [-0.2, 0) is 11.2 Å². The average molecular weight is 312 g/mol. The van der Waals surface area contributed by atoms with Gasteiger partial charge in [0, 0.05) is 12.1 Å². The van der Waals surface area contributed by atoms with Gasteiger partial charge in [-0.1, -0.05) is 36.4 Å². The maximum atomic E-state index is 11.8. The highest BCUT2D eigenvalue weighted by Crippen LogP contribution is 2.17. The van der Waals surface area contributed by atoms with E-state index in [2.05, 4.69) is 10.6 Å². The van der Waals surface area contributed by atoms with Crippen molar-refractivity contribution < 1.29 is 14.3 Å². The molecule has 120 valence electrons. The molecule has 0 aromatic heterocycles. The third-order valence-electron chi connectivity index (χ3n) is 3.35.